The zero-order valence-electron chi connectivity index (χ0n) is 11.3. The molecule has 1 aromatic heterocycles. The van der Waals surface area contributed by atoms with E-state index in [1.807, 2.05) is 20.8 Å². The topological polar surface area (TPSA) is 96.2 Å². The first kappa shape index (κ1) is 14.4. The second kappa shape index (κ2) is 5.34. The molecule has 0 aliphatic rings. The van der Waals surface area contributed by atoms with Crippen molar-refractivity contribution in [2.75, 3.05) is 6.61 Å². The number of nitrogens with two attached hydrogens (primary N) is 1. The van der Waals surface area contributed by atoms with Gasteiger partial charge in [-0.15, -0.1) is 0 Å². The second-order valence-electron chi connectivity index (χ2n) is 4.63. The summed E-state index contributed by atoms with van der Waals surface area (Å²) in [6.45, 7) is 5.82. The lowest BCUT2D eigenvalue weighted by molar-refractivity contribution is -0.386. The highest BCUT2D eigenvalue weighted by molar-refractivity contribution is 5.46. The molecule has 1 heterocycles. The zero-order valence-corrected chi connectivity index (χ0v) is 11.3. The standard InChI is InChI=1S/C11H20N4O3/c1-5-8-9(15(16)17)10(14(4)13-8)18-7-11(3,12)6-2/h5-7,12H2,1-4H3. The van der Waals surface area contributed by atoms with E-state index < -0.39 is 10.5 Å². The fourth-order valence-electron chi connectivity index (χ4n) is 1.47. The van der Waals surface area contributed by atoms with Crippen LogP contribution in [0.3, 0.4) is 0 Å². The monoisotopic (exact) mass is 256 g/mol. The molecule has 0 bridgehead atoms. The van der Waals surface area contributed by atoms with Gasteiger partial charge >= 0.3 is 5.69 Å². The van der Waals surface area contributed by atoms with Crippen molar-refractivity contribution in [1.29, 1.82) is 0 Å². The summed E-state index contributed by atoms with van der Waals surface area (Å²) in [5, 5.41) is 15.1. The van der Waals surface area contributed by atoms with Crippen molar-refractivity contribution in [3.63, 3.8) is 0 Å². The molecule has 1 aromatic rings. The lowest BCUT2D eigenvalue weighted by Crippen LogP contribution is -2.41. The van der Waals surface area contributed by atoms with E-state index in [2.05, 4.69) is 5.10 Å². The highest BCUT2D eigenvalue weighted by Crippen LogP contribution is 2.31. The number of hydrogen-bond acceptors (Lipinski definition) is 5. The fraction of sp³-hybridized carbons (Fsp3) is 0.727. The van der Waals surface area contributed by atoms with Crippen LogP contribution in [-0.4, -0.2) is 26.8 Å². The largest absolute Gasteiger partial charge is 0.471 e. The van der Waals surface area contributed by atoms with Crippen LogP contribution in [0.25, 0.3) is 0 Å². The molecule has 7 heteroatoms. The molecule has 0 aliphatic heterocycles. The summed E-state index contributed by atoms with van der Waals surface area (Å²) in [7, 11) is 1.63. The Morgan fingerprint density at radius 2 is 2.17 bits per heavy atom. The van der Waals surface area contributed by atoms with Crippen LogP contribution < -0.4 is 10.5 Å². The molecule has 0 spiro atoms. The highest BCUT2D eigenvalue weighted by Gasteiger charge is 2.28. The van der Waals surface area contributed by atoms with E-state index in [0.29, 0.717) is 12.1 Å². The van der Waals surface area contributed by atoms with Gasteiger partial charge in [-0.1, -0.05) is 13.8 Å². The van der Waals surface area contributed by atoms with Crippen LogP contribution in [0.1, 0.15) is 32.9 Å². The molecule has 1 atom stereocenters. The van der Waals surface area contributed by atoms with Gasteiger partial charge in [0.25, 0.3) is 5.88 Å². The maximum Gasteiger partial charge on any atom is 0.353 e. The van der Waals surface area contributed by atoms with Crippen molar-refractivity contribution in [2.45, 2.75) is 39.2 Å². The van der Waals surface area contributed by atoms with Crippen LogP contribution in [0.4, 0.5) is 5.69 Å². The summed E-state index contributed by atoms with van der Waals surface area (Å²) >= 11 is 0. The molecule has 0 fully saturated rings. The van der Waals surface area contributed by atoms with Crippen LogP contribution in [-0.2, 0) is 13.5 Å². The van der Waals surface area contributed by atoms with Gasteiger partial charge in [0, 0.05) is 12.6 Å². The lowest BCUT2D eigenvalue weighted by atomic mass is 10.0. The van der Waals surface area contributed by atoms with Crippen molar-refractivity contribution < 1.29 is 9.66 Å². The van der Waals surface area contributed by atoms with Crippen molar-refractivity contribution in [3.05, 3.63) is 15.8 Å². The Balaban J connectivity index is 3.01. The van der Waals surface area contributed by atoms with E-state index in [1.165, 1.54) is 4.68 Å². The molecule has 1 rings (SSSR count). The molecule has 0 aliphatic carbocycles. The van der Waals surface area contributed by atoms with Gasteiger partial charge in [0.05, 0.1) is 4.92 Å². The van der Waals surface area contributed by atoms with Gasteiger partial charge in [-0.2, -0.15) is 5.10 Å². The summed E-state index contributed by atoms with van der Waals surface area (Å²) in [6.07, 6.45) is 1.21. The first-order valence-electron chi connectivity index (χ1n) is 5.94. The molecule has 1 unspecified atom stereocenters. The Kier molecular flexibility index (Phi) is 4.28. The smallest absolute Gasteiger partial charge is 0.353 e. The Hall–Kier alpha value is -1.63. The number of nitrogens with zero attached hydrogens (tertiary/aromatic N) is 3. The van der Waals surface area contributed by atoms with Gasteiger partial charge in [0.1, 0.15) is 12.3 Å². The van der Waals surface area contributed by atoms with Gasteiger partial charge in [0.2, 0.25) is 0 Å². The Morgan fingerprint density at radius 3 is 2.61 bits per heavy atom. The minimum absolute atomic E-state index is 0.0631. The molecule has 0 radical (unpaired) electrons. The third kappa shape index (κ3) is 2.98. The molecular weight excluding hydrogens is 236 g/mol. The molecule has 7 nitrogen and oxygen atoms in total. The van der Waals surface area contributed by atoms with Crippen LogP contribution >= 0.6 is 0 Å². The molecule has 0 saturated carbocycles. The third-order valence-corrected chi connectivity index (χ3v) is 2.90. The first-order valence-corrected chi connectivity index (χ1v) is 5.94. The van der Waals surface area contributed by atoms with Gasteiger partial charge in [-0.25, -0.2) is 4.68 Å². The van der Waals surface area contributed by atoms with Crippen molar-refractivity contribution in [1.82, 2.24) is 9.78 Å². The first-order chi connectivity index (χ1) is 8.32. The van der Waals surface area contributed by atoms with Gasteiger partial charge in [-0.05, 0) is 19.8 Å². The number of aromatic nitrogens is 2. The lowest BCUT2D eigenvalue weighted by Gasteiger charge is -2.22. The molecule has 0 aromatic carbocycles. The van der Waals surface area contributed by atoms with Crippen LogP contribution in [0.5, 0.6) is 5.88 Å². The predicted molar refractivity (Wildman–Crippen MR) is 67.6 cm³/mol. The Morgan fingerprint density at radius 1 is 1.56 bits per heavy atom. The summed E-state index contributed by atoms with van der Waals surface area (Å²) in [6, 6.07) is 0. The maximum absolute atomic E-state index is 11.0. The van der Waals surface area contributed by atoms with E-state index >= 15 is 0 Å². The minimum Gasteiger partial charge on any atom is -0.471 e. The van der Waals surface area contributed by atoms with Gasteiger partial charge in [0.15, 0.2) is 0 Å². The van der Waals surface area contributed by atoms with E-state index in [0.717, 1.165) is 6.42 Å². The van der Waals surface area contributed by atoms with Gasteiger partial charge in [-0.3, -0.25) is 10.1 Å². The van der Waals surface area contributed by atoms with Crippen molar-refractivity contribution >= 4 is 5.69 Å². The van der Waals surface area contributed by atoms with Crippen molar-refractivity contribution in [3.8, 4) is 5.88 Å². The Labute approximate surface area is 106 Å². The summed E-state index contributed by atoms with van der Waals surface area (Å²) in [5.41, 5.74) is 5.81. The molecule has 0 saturated heterocycles. The summed E-state index contributed by atoms with van der Waals surface area (Å²) in [4.78, 5) is 10.6. The van der Waals surface area contributed by atoms with Crippen LogP contribution in [0, 0.1) is 10.1 Å². The van der Waals surface area contributed by atoms with E-state index in [1.54, 1.807) is 7.05 Å². The summed E-state index contributed by atoms with van der Waals surface area (Å²) in [5.74, 6) is 0.168. The van der Waals surface area contributed by atoms with E-state index in [-0.39, 0.29) is 18.2 Å². The molecule has 0 amide bonds. The molecule has 2 N–H and O–H groups in total. The molecular formula is C11H20N4O3. The van der Waals surface area contributed by atoms with E-state index in [4.69, 9.17) is 10.5 Å². The Bertz CT molecular complexity index is 440. The van der Waals surface area contributed by atoms with Crippen LogP contribution in [0.2, 0.25) is 0 Å². The maximum atomic E-state index is 11.0. The SMILES string of the molecule is CCc1nn(C)c(OCC(C)(N)CC)c1[N+](=O)[O-]. The highest BCUT2D eigenvalue weighted by atomic mass is 16.6. The molecule has 18 heavy (non-hydrogen) atoms. The number of rotatable bonds is 6. The van der Waals surface area contributed by atoms with Crippen molar-refractivity contribution in [2.24, 2.45) is 12.8 Å². The average Bonchev–Trinajstić information content (AvgIpc) is 2.63. The quantitative estimate of drug-likeness (QED) is 0.613. The average molecular weight is 256 g/mol. The molecule has 102 valence electrons. The predicted octanol–water partition coefficient (Wildman–Crippen LogP) is 1.40. The number of hydrogen-bond donors (Lipinski definition) is 1. The number of aryl methyl sites for hydroxylation is 2. The third-order valence-electron chi connectivity index (χ3n) is 2.90. The normalized spacial score (nSPS) is 14.3. The van der Waals surface area contributed by atoms with Crippen LogP contribution in [0.15, 0.2) is 0 Å². The fourth-order valence-corrected chi connectivity index (χ4v) is 1.47. The number of nitro groups is 1. The van der Waals surface area contributed by atoms with Gasteiger partial charge < -0.3 is 10.5 Å². The minimum atomic E-state index is -0.509. The zero-order chi connectivity index (χ0) is 13.9. The second-order valence-corrected chi connectivity index (χ2v) is 4.63. The van der Waals surface area contributed by atoms with E-state index in [9.17, 15) is 10.1 Å². The summed E-state index contributed by atoms with van der Waals surface area (Å²) < 4.78 is 6.89. The number of ether oxygens (including phenoxy) is 1.